The molecule has 0 aromatic heterocycles. The number of carbonyl (C=O) groups is 1. The van der Waals surface area contributed by atoms with Crippen LogP contribution in [0.2, 0.25) is 0 Å². The van der Waals surface area contributed by atoms with E-state index in [-0.39, 0.29) is 11.6 Å². The lowest BCUT2D eigenvalue weighted by atomic mass is 10.0. The van der Waals surface area contributed by atoms with Crippen molar-refractivity contribution in [3.8, 4) is 0 Å². The molecule has 0 spiro atoms. The Bertz CT molecular complexity index is 285. The average Bonchev–Trinajstić information content (AvgIpc) is 2.69. The van der Waals surface area contributed by atoms with Gasteiger partial charge in [-0.3, -0.25) is 4.90 Å². The first-order chi connectivity index (χ1) is 8.02. The summed E-state index contributed by atoms with van der Waals surface area (Å²) < 4.78 is 4.74. The third-order valence-corrected chi connectivity index (χ3v) is 3.83. The van der Waals surface area contributed by atoms with Crippen molar-refractivity contribution >= 4 is 6.09 Å². The van der Waals surface area contributed by atoms with Crippen molar-refractivity contribution < 1.29 is 9.53 Å². The van der Waals surface area contributed by atoms with Crippen LogP contribution < -0.4 is 5.32 Å². The Labute approximate surface area is 103 Å². The van der Waals surface area contributed by atoms with E-state index in [4.69, 9.17) is 4.74 Å². The lowest BCUT2D eigenvalue weighted by molar-refractivity contribution is 0.0769. The van der Waals surface area contributed by atoms with Crippen LogP contribution in [0.1, 0.15) is 20.3 Å². The molecule has 5 nitrogen and oxygen atoms in total. The Morgan fingerprint density at radius 3 is 2.41 bits per heavy atom. The van der Waals surface area contributed by atoms with E-state index >= 15 is 0 Å². The van der Waals surface area contributed by atoms with Gasteiger partial charge in [0.15, 0.2) is 0 Å². The van der Waals surface area contributed by atoms with Crippen molar-refractivity contribution in [2.24, 2.45) is 0 Å². The minimum atomic E-state index is -0.200. The second-order valence-electron chi connectivity index (χ2n) is 5.62. The first kappa shape index (κ1) is 12.6. The van der Waals surface area contributed by atoms with Crippen LogP contribution in [0.5, 0.6) is 0 Å². The molecule has 0 aromatic rings. The van der Waals surface area contributed by atoms with Crippen LogP contribution in [-0.4, -0.2) is 67.3 Å². The van der Waals surface area contributed by atoms with Gasteiger partial charge in [-0.25, -0.2) is 4.79 Å². The maximum atomic E-state index is 11.4. The molecule has 1 N–H and O–H groups in total. The molecule has 1 amide bonds. The van der Waals surface area contributed by atoms with E-state index in [1.165, 1.54) is 13.5 Å². The molecule has 2 aliphatic heterocycles. The van der Waals surface area contributed by atoms with Crippen LogP contribution in [0.25, 0.3) is 0 Å². The Kier molecular flexibility index (Phi) is 3.58. The summed E-state index contributed by atoms with van der Waals surface area (Å²) in [4.78, 5) is 15.6. The fourth-order valence-electron chi connectivity index (χ4n) is 2.78. The molecule has 2 saturated heterocycles. The summed E-state index contributed by atoms with van der Waals surface area (Å²) in [6.07, 6.45) is 0.986. The highest BCUT2D eigenvalue weighted by Crippen LogP contribution is 2.23. The molecular weight excluding hydrogens is 218 g/mol. The summed E-state index contributed by atoms with van der Waals surface area (Å²) in [5.41, 5.74) is 0.254. The highest BCUT2D eigenvalue weighted by Gasteiger charge is 2.35. The van der Waals surface area contributed by atoms with Gasteiger partial charge in [0.25, 0.3) is 0 Å². The van der Waals surface area contributed by atoms with Crippen LogP contribution in [0.15, 0.2) is 0 Å². The number of hydrogen-bond donors (Lipinski definition) is 1. The number of nitrogens with zero attached hydrogens (tertiary/aromatic N) is 2. The quantitative estimate of drug-likeness (QED) is 0.726. The van der Waals surface area contributed by atoms with Gasteiger partial charge in [0, 0.05) is 44.3 Å². The molecule has 0 radical (unpaired) electrons. The van der Waals surface area contributed by atoms with Crippen LogP contribution in [0, 0.1) is 0 Å². The zero-order valence-electron chi connectivity index (χ0n) is 11.0. The van der Waals surface area contributed by atoms with Crippen LogP contribution >= 0.6 is 0 Å². The Balaban J connectivity index is 1.82. The first-order valence-corrected chi connectivity index (χ1v) is 6.34. The second kappa shape index (κ2) is 4.82. The van der Waals surface area contributed by atoms with Crippen LogP contribution in [0.4, 0.5) is 4.79 Å². The maximum absolute atomic E-state index is 11.4. The van der Waals surface area contributed by atoms with Gasteiger partial charge in [-0.2, -0.15) is 0 Å². The zero-order chi connectivity index (χ0) is 12.5. The number of nitrogens with one attached hydrogen (secondary N) is 1. The minimum Gasteiger partial charge on any atom is -0.453 e. The van der Waals surface area contributed by atoms with Crippen LogP contribution in [-0.2, 0) is 4.74 Å². The first-order valence-electron chi connectivity index (χ1n) is 6.34. The van der Waals surface area contributed by atoms with Gasteiger partial charge < -0.3 is 15.0 Å². The molecule has 0 bridgehead atoms. The monoisotopic (exact) mass is 241 g/mol. The number of carbonyl (C=O) groups excluding carboxylic acids is 1. The predicted octanol–water partition coefficient (Wildman–Crippen LogP) is 0.511. The Morgan fingerprint density at radius 2 is 1.94 bits per heavy atom. The number of rotatable bonds is 1. The molecular formula is C12H23N3O2. The summed E-state index contributed by atoms with van der Waals surface area (Å²) in [6, 6.07) is 0.616. The molecule has 2 heterocycles. The second-order valence-corrected chi connectivity index (χ2v) is 5.62. The molecule has 0 aromatic carbocycles. The van der Waals surface area contributed by atoms with E-state index in [0.717, 1.165) is 32.7 Å². The van der Waals surface area contributed by atoms with E-state index in [0.29, 0.717) is 6.04 Å². The molecule has 2 fully saturated rings. The third kappa shape index (κ3) is 2.90. The van der Waals surface area contributed by atoms with E-state index in [9.17, 15) is 4.79 Å². The molecule has 2 rings (SSSR count). The lowest BCUT2D eigenvalue weighted by Gasteiger charge is -2.37. The lowest BCUT2D eigenvalue weighted by Crippen LogP contribution is -2.52. The van der Waals surface area contributed by atoms with Gasteiger partial charge in [0.05, 0.1) is 7.11 Å². The normalized spacial score (nSPS) is 29.4. The minimum absolute atomic E-state index is 0.200. The molecule has 1 unspecified atom stereocenters. The van der Waals surface area contributed by atoms with Gasteiger partial charge in [-0.1, -0.05) is 0 Å². The third-order valence-electron chi connectivity index (χ3n) is 3.83. The maximum Gasteiger partial charge on any atom is 0.409 e. The number of hydrogen-bond acceptors (Lipinski definition) is 4. The number of methoxy groups -OCH3 is 1. The average molecular weight is 241 g/mol. The topological polar surface area (TPSA) is 44.8 Å². The highest BCUT2D eigenvalue weighted by atomic mass is 16.5. The molecule has 98 valence electrons. The summed E-state index contributed by atoms with van der Waals surface area (Å²) in [6.45, 7) is 9.03. The van der Waals surface area contributed by atoms with Gasteiger partial charge in [0.1, 0.15) is 0 Å². The number of ether oxygens (including phenoxy) is 1. The Hall–Kier alpha value is -0.810. The van der Waals surface area contributed by atoms with Crippen molar-refractivity contribution in [1.29, 1.82) is 0 Å². The summed E-state index contributed by atoms with van der Waals surface area (Å²) in [5, 5.41) is 3.54. The SMILES string of the molecule is COC(=O)N1CCN(C2CNC(C)(C)C2)CC1. The summed E-state index contributed by atoms with van der Waals surface area (Å²) in [7, 11) is 1.44. The smallest absolute Gasteiger partial charge is 0.409 e. The zero-order valence-corrected chi connectivity index (χ0v) is 11.0. The van der Waals surface area contributed by atoms with E-state index in [2.05, 4.69) is 24.1 Å². The van der Waals surface area contributed by atoms with Crippen molar-refractivity contribution in [3.63, 3.8) is 0 Å². The van der Waals surface area contributed by atoms with Crippen molar-refractivity contribution in [2.45, 2.75) is 31.8 Å². The fourth-order valence-corrected chi connectivity index (χ4v) is 2.78. The molecule has 2 aliphatic rings. The summed E-state index contributed by atoms with van der Waals surface area (Å²) >= 11 is 0. The van der Waals surface area contributed by atoms with Crippen molar-refractivity contribution in [2.75, 3.05) is 39.8 Å². The molecule has 17 heavy (non-hydrogen) atoms. The van der Waals surface area contributed by atoms with E-state index in [1.807, 2.05) is 0 Å². The number of amides is 1. The molecule has 5 heteroatoms. The molecule has 1 atom stereocenters. The number of piperazine rings is 1. The highest BCUT2D eigenvalue weighted by molar-refractivity contribution is 5.67. The van der Waals surface area contributed by atoms with Crippen LogP contribution in [0.3, 0.4) is 0 Å². The van der Waals surface area contributed by atoms with Gasteiger partial charge in [-0.05, 0) is 20.3 Å². The largest absolute Gasteiger partial charge is 0.453 e. The molecule has 0 saturated carbocycles. The van der Waals surface area contributed by atoms with E-state index < -0.39 is 0 Å². The standard InChI is InChI=1S/C12H23N3O2/c1-12(2)8-10(9-13-12)14-4-6-15(7-5-14)11(16)17-3/h10,13H,4-9H2,1-3H3. The summed E-state index contributed by atoms with van der Waals surface area (Å²) in [5.74, 6) is 0. The van der Waals surface area contributed by atoms with Crippen molar-refractivity contribution in [3.05, 3.63) is 0 Å². The van der Waals surface area contributed by atoms with Gasteiger partial charge in [0.2, 0.25) is 0 Å². The van der Waals surface area contributed by atoms with Gasteiger partial charge >= 0.3 is 6.09 Å². The fraction of sp³-hybridized carbons (Fsp3) is 0.917. The van der Waals surface area contributed by atoms with Crippen molar-refractivity contribution in [1.82, 2.24) is 15.1 Å². The van der Waals surface area contributed by atoms with Gasteiger partial charge in [-0.15, -0.1) is 0 Å². The predicted molar refractivity (Wildman–Crippen MR) is 66.0 cm³/mol. The molecule has 0 aliphatic carbocycles. The van der Waals surface area contributed by atoms with E-state index in [1.54, 1.807) is 4.90 Å². The Morgan fingerprint density at radius 1 is 1.29 bits per heavy atom.